The van der Waals surface area contributed by atoms with Crippen molar-refractivity contribution in [2.75, 3.05) is 44.7 Å². The van der Waals surface area contributed by atoms with E-state index in [1.807, 2.05) is 12.1 Å². The normalized spacial score (nSPS) is 19.1. The second kappa shape index (κ2) is 9.72. The zero-order chi connectivity index (χ0) is 23.1. The van der Waals surface area contributed by atoms with Crippen LogP contribution in [0.25, 0.3) is 0 Å². The molecule has 0 aliphatic carbocycles. The first-order valence-corrected chi connectivity index (χ1v) is 10.9. The summed E-state index contributed by atoms with van der Waals surface area (Å²) in [4.78, 5) is 39.6. The molecule has 34 heavy (non-hydrogen) atoms. The number of likely N-dealkylation sites (N-methyl/N-ethyl adjacent to an activating group) is 1. The third-order valence-corrected chi connectivity index (χ3v) is 6.30. The molecule has 0 bridgehead atoms. The van der Waals surface area contributed by atoms with E-state index < -0.39 is 4.92 Å². The molecule has 0 unspecified atom stereocenters. The average molecular weight is 473 g/mol. The van der Waals surface area contributed by atoms with Crippen LogP contribution in [0, 0.1) is 10.1 Å². The van der Waals surface area contributed by atoms with Crippen LogP contribution in [0.2, 0.25) is 5.02 Å². The molecular formula is C23H22ClLiN6O3. The van der Waals surface area contributed by atoms with Crippen molar-refractivity contribution in [2.24, 2.45) is 9.98 Å². The topological polar surface area (TPSA) is 94.7 Å². The number of nitrogens with zero attached hydrogens (tertiary/aromatic N) is 6. The van der Waals surface area contributed by atoms with E-state index in [9.17, 15) is 14.9 Å². The molecule has 0 atom stereocenters. The van der Waals surface area contributed by atoms with Crippen LogP contribution in [-0.2, 0) is 4.79 Å². The molecule has 1 fully saturated rings. The molecule has 2 aromatic carbocycles. The molecule has 5 rings (SSSR count). The second-order valence-electron chi connectivity index (χ2n) is 8.13. The van der Waals surface area contributed by atoms with E-state index in [1.165, 1.54) is 17.0 Å². The number of anilines is 1. The average Bonchev–Trinajstić information content (AvgIpc) is 3.01. The van der Waals surface area contributed by atoms with Gasteiger partial charge in [0.25, 0.3) is 11.6 Å². The van der Waals surface area contributed by atoms with Gasteiger partial charge in [-0.15, -0.1) is 0 Å². The van der Waals surface area contributed by atoms with Gasteiger partial charge >= 0.3 is 18.9 Å². The predicted molar refractivity (Wildman–Crippen MR) is 134 cm³/mol. The Bertz CT molecular complexity index is 1250. The number of non-ortho nitro benzene ring substituents is 1. The standard InChI is InChI=1S/C23H21ClN6O3.Li.H/c1-27-8-10-28(11-9-27)14-19-23(31)29-20-7-6-15(30(32)33)12-17(20)22(25-13-21(29)26-19)16-4-2-3-5-18(16)24;;/h2-7,12,14H,8-11,13H2,1H3;;/b19-14-;;. The first kappa shape index (κ1) is 24.2. The van der Waals surface area contributed by atoms with Crippen molar-refractivity contribution in [1.29, 1.82) is 0 Å². The Morgan fingerprint density at radius 3 is 2.53 bits per heavy atom. The van der Waals surface area contributed by atoms with Crippen molar-refractivity contribution in [3.8, 4) is 0 Å². The maximum absolute atomic E-state index is 13.4. The van der Waals surface area contributed by atoms with Gasteiger partial charge in [-0.1, -0.05) is 29.8 Å². The number of rotatable bonds is 3. The molecule has 0 radical (unpaired) electrons. The Kier molecular flexibility index (Phi) is 6.91. The maximum atomic E-state index is 13.4. The Morgan fingerprint density at radius 2 is 1.82 bits per heavy atom. The van der Waals surface area contributed by atoms with Gasteiger partial charge in [0.2, 0.25) is 0 Å². The van der Waals surface area contributed by atoms with E-state index in [4.69, 9.17) is 16.6 Å². The number of nitro groups is 1. The molecule has 170 valence electrons. The van der Waals surface area contributed by atoms with E-state index in [-0.39, 0.29) is 37.0 Å². The van der Waals surface area contributed by atoms with E-state index in [0.717, 1.165) is 26.2 Å². The fraction of sp³-hybridized carbons (Fsp3) is 0.261. The van der Waals surface area contributed by atoms with Crippen molar-refractivity contribution in [3.05, 3.63) is 80.6 Å². The Balaban J connectivity index is 0.00000274. The number of benzene rings is 2. The molecule has 3 aliphatic heterocycles. The van der Waals surface area contributed by atoms with Crippen LogP contribution in [0.15, 0.2) is 64.3 Å². The van der Waals surface area contributed by atoms with Gasteiger partial charge in [0.1, 0.15) is 11.5 Å². The van der Waals surface area contributed by atoms with Crippen LogP contribution >= 0.6 is 11.6 Å². The number of amidine groups is 1. The minimum absolute atomic E-state index is 0. The van der Waals surface area contributed by atoms with Gasteiger partial charge in [-0.25, -0.2) is 4.99 Å². The van der Waals surface area contributed by atoms with E-state index in [2.05, 4.69) is 21.8 Å². The van der Waals surface area contributed by atoms with Crippen molar-refractivity contribution in [3.63, 3.8) is 0 Å². The number of carbonyl (C=O) groups excluding carboxylic acids is 1. The summed E-state index contributed by atoms with van der Waals surface area (Å²) < 4.78 is 0. The number of hydrogen-bond acceptors (Lipinski definition) is 7. The molecule has 0 saturated carbocycles. The van der Waals surface area contributed by atoms with Crippen LogP contribution < -0.4 is 4.90 Å². The van der Waals surface area contributed by atoms with Crippen LogP contribution in [-0.4, -0.2) is 90.8 Å². The molecule has 3 heterocycles. The van der Waals surface area contributed by atoms with Crippen LogP contribution in [0.4, 0.5) is 11.4 Å². The Hall–Kier alpha value is -2.96. The van der Waals surface area contributed by atoms with Gasteiger partial charge < -0.3 is 9.80 Å². The molecule has 0 aromatic heterocycles. The summed E-state index contributed by atoms with van der Waals surface area (Å²) in [6.07, 6.45) is 1.81. The van der Waals surface area contributed by atoms with E-state index in [1.54, 1.807) is 24.4 Å². The SMILES string of the molecule is CN1CCN(/C=C2\N=C3CN=C(c4ccccc4Cl)c4cc([N+](=O)[O-])ccc4N3C2=O)CC1.[LiH]. The summed E-state index contributed by atoms with van der Waals surface area (Å²) in [5.41, 5.74) is 2.36. The Morgan fingerprint density at radius 1 is 1.09 bits per heavy atom. The molecule has 11 heteroatoms. The number of hydrogen-bond donors (Lipinski definition) is 0. The first-order chi connectivity index (χ1) is 15.9. The zero-order valence-corrected chi connectivity index (χ0v) is 18.7. The van der Waals surface area contributed by atoms with Crippen LogP contribution in [0.3, 0.4) is 0 Å². The summed E-state index contributed by atoms with van der Waals surface area (Å²) in [6.45, 7) is 3.60. The number of fused-ring (bicyclic) bond motifs is 3. The third kappa shape index (κ3) is 4.40. The molecule has 1 saturated heterocycles. The zero-order valence-electron chi connectivity index (χ0n) is 17.9. The fourth-order valence-electron chi connectivity index (χ4n) is 4.17. The number of nitro benzene ring substituents is 1. The monoisotopic (exact) mass is 472 g/mol. The van der Waals surface area contributed by atoms with Gasteiger partial charge in [-0.2, -0.15) is 0 Å². The fourth-order valence-corrected chi connectivity index (χ4v) is 4.40. The summed E-state index contributed by atoms with van der Waals surface area (Å²) in [5, 5.41) is 12.0. The van der Waals surface area contributed by atoms with Crippen LogP contribution in [0.1, 0.15) is 11.1 Å². The number of amides is 1. The summed E-state index contributed by atoms with van der Waals surface area (Å²) >= 11 is 6.43. The number of carbonyl (C=O) groups is 1. The molecule has 0 N–H and O–H groups in total. The van der Waals surface area contributed by atoms with E-state index >= 15 is 0 Å². The minimum atomic E-state index is -0.463. The van der Waals surface area contributed by atoms with Crippen molar-refractivity contribution in [1.82, 2.24) is 9.80 Å². The summed E-state index contributed by atoms with van der Waals surface area (Å²) in [5.74, 6) is 0.215. The van der Waals surface area contributed by atoms with Crippen molar-refractivity contribution < 1.29 is 9.72 Å². The summed E-state index contributed by atoms with van der Waals surface area (Å²) in [7, 11) is 2.07. The van der Waals surface area contributed by atoms with Crippen LogP contribution in [0.5, 0.6) is 0 Å². The molecule has 9 nitrogen and oxygen atoms in total. The summed E-state index contributed by atoms with van der Waals surface area (Å²) in [6, 6.07) is 11.6. The van der Waals surface area contributed by atoms with Gasteiger partial charge in [-0.3, -0.25) is 24.8 Å². The molecule has 1 amide bonds. The molecule has 2 aromatic rings. The van der Waals surface area contributed by atoms with Gasteiger partial charge in [0.05, 0.1) is 22.9 Å². The Labute approximate surface area is 213 Å². The van der Waals surface area contributed by atoms with Gasteiger partial charge in [-0.05, 0) is 19.2 Å². The quantitative estimate of drug-likeness (QED) is 0.296. The third-order valence-electron chi connectivity index (χ3n) is 5.97. The van der Waals surface area contributed by atoms with E-state index in [0.29, 0.717) is 39.1 Å². The number of aliphatic imine (C=N–C) groups is 2. The molecule has 0 spiro atoms. The number of halogens is 1. The molecular weight excluding hydrogens is 451 g/mol. The second-order valence-corrected chi connectivity index (χ2v) is 8.53. The van der Waals surface area contributed by atoms with Crippen molar-refractivity contribution >= 4 is 59.3 Å². The first-order valence-electron chi connectivity index (χ1n) is 10.6. The van der Waals surface area contributed by atoms with Gasteiger partial charge in [0.15, 0.2) is 0 Å². The van der Waals surface area contributed by atoms with Gasteiger partial charge in [0, 0.05) is 60.7 Å². The number of piperazine rings is 1. The molecule has 3 aliphatic rings. The van der Waals surface area contributed by atoms with Crippen molar-refractivity contribution in [2.45, 2.75) is 0 Å². The predicted octanol–water partition coefficient (Wildman–Crippen LogP) is 2.28.